The summed E-state index contributed by atoms with van der Waals surface area (Å²) in [5.74, 6) is 0.374. The summed E-state index contributed by atoms with van der Waals surface area (Å²) in [6.07, 6.45) is 1.21. The van der Waals surface area contributed by atoms with Crippen molar-refractivity contribution in [3.05, 3.63) is 34.3 Å². The van der Waals surface area contributed by atoms with Gasteiger partial charge in [0.15, 0.2) is 16.3 Å². The lowest BCUT2D eigenvalue weighted by atomic mass is 10.2. The van der Waals surface area contributed by atoms with Gasteiger partial charge < -0.3 is 14.3 Å². The Kier molecular flexibility index (Phi) is 3.28. The Morgan fingerprint density at radius 3 is 2.88 bits per heavy atom. The first-order valence-electron chi connectivity index (χ1n) is 4.91. The lowest BCUT2D eigenvalue weighted by Gasteiger charge is -2.08. The molecular formula is C10H10BrN3O3. The molecule has 1 atom stereocenters. The van der Waals surface area contributed by atoms with Gasteiger partial charge in [-0.1, -0.05) is 5.16 Å². The normalized spacial score (nSPS) is 12.4. The number of nitrogens with zero attached hydrogens (tertiary/aromatic N) is 2. The number of rotatable bonds is 3. The predicted octanol–water partition coefficient (Wildman–Crippen LogP) is 2.22. The minimum absolute atomic E-state index is 0.271. The van der Waals surface area contributed by atoms with Crippen LogP contribution in [-0.2, 0) is 0 Å². The van der Waals surface area contributed by atoms with E-state index in [4.69, 9.17) is 4.42 Å². The number of aryl methyl sites for hydroxylation is 1. The SMILES string of the molecule is Cc1cc(Br)oc1C(=O)NC(C)c1ncon1. The molecule has 2 heterocycles. The monoisotopic (exact) mass is 299 g/mol. The highest BCUT2D eigenvalue weighted by molar-refractivity contribution is 9.10. The van der Waals surface area contributed by atoms with E-state index in [0.717, 1.165) is 5.56 Å². The fourth-order valence-corrected chi connectivity index (χ4v) is 1.87. The summed E-state index contributed by atoms with van der Waals surface area (Å²) >= 11 is 3.17. The molecule has 7 heteroatoms. The minimum atomic E-state index is -0.343. The summed E-state index contributed by atoms with van der Waals surface area (Å²) in [4.78, 5) is 15.7. The molecule has 0 aliphatic carbocycles. The van der Waals surface area contributed by atoms with Gasteiger partial charge in [0.05, 0.1) is 6.04 Å². The highest BCUT2D eigenvalue weighted by atomic mass is 79.9. The van der Waals surface area contributed by atoms with Gasteiger partial charge in [-0.05, 0) is 35.8 Å². The second kappa shape index (κ2) is 4.70. The zero-order valence-electron chi connectivity index (χ0n) is 9.23. The van der Waals surface area contributed by atoms with E-state index in [1.807, 2.05) is 0 Å². The van der Waals surface area contributed by atoms with Crippen LogP contribution in [0.5, 0.6) is 0 Å². The highest BCUT2D eigenvalue weighted by Gasteiger charge is 2.19. The van der Waals surface area contributed by atoms with E-state index in [-0.39, 0.29) is 17.7 Å². The number of halogens is 1. The maximum atomic E-state index is 11.9. The maximum Gasteiger partial charge on any atom is 0.287 e. The lowest BCUT2D eigenvalue weighted by Crippen LogP contribution is -2.27. The van der Waals surface area contributed by atoms with Crippen LogP contribution < -0.4 is 5.32 Å². The molecule has 6 nitrogen and oxygen atoms in total. The first-order chi connectivity index (χ1) is 8.08. The van der Waals surface area contributed by atoms with Gasteiger partial charge in [-0.2, -0.15) is 4.98 Å². The number of hydrogen-bond donors (Lipinski definition) is 1. The third-order valence-corrected chi connectivity index (χ3v) is 2.60. The van der Waals surface area contributed by atoms with Crippen molar-refractivity contribution in [2.24, 2.45) is 0 Å². The van der Waals surface area contributed by atoms with Crippen molar-refractivity contribution >= 4 is 21.8 Å². The summed E-state index contributed by atoms with van der Waals surface area (Å²) in [5.41, 5.74) is 0.759. The second-order valence-electron chi connectivity index (χ2n) is 3.55. The van der Waals surface area contributed by atoms with Crippen molar-refractivity contribution < 1.29 is 13.7 Å². The van der Waals surface area contributed by atoms with Gasteiger partial charge >= 0.3 is 0 Å². The van der Waals surface area contributed by atoms with Gasteiger partial charge in [-0.3, -0.25) is 4.79 Å². The topological polar surface area (TPSA) is 81.2 Å². The van der Waals surface area contributed by atoms with Crippen LogP contribution >= 0.6 is 15.9 Å². The standard InChI is InChI=1S/C10H10BrN3O3/c1-5-3-7(11)17-8(5)10(15)13-6(2)9-12-4-16-14-9/h3-4,6H,1-2H3,(H,13,15). The second-order valence-corrected chi connectivity index (χ2v) is 4.33. The molecule has 0 saturated carbocycles. The molecule has 0 radical (unpaired) electrons. The van der Waals surface area contributed by atoms with E-state index in [9.17, 15) is 4.79 Å². The van der Waals surface area contributed by atoms with Gasteiger partial charge in [-0.25, -0.2) is 0 Å². The van der Waals surface area contributed by atoms with Crippen LogP contribution in [0.15, 0.2) is 26.1 Å². The zero-order valence-corrected chi connectivity index (χ0v) is 10.8. The molecule has 1 amide bonds. The van der Waals surface area contributed by atoms with E-state index < -0.39 is 0 Å². The van der Waals surface area contributed by atoms with Crippen LogP contribution in [0.1, 0.15) is 34.9 Å². The van der Waals surface area contributed by atoms with E-state index in [1.165, 1.54) is 6.39 Å². The fourth-order valence-electron chi connectivity index (χ4n) is 1.36. The molecule has 90 valence electrons. The third-order valence-electron chi connectivity index (χ3n) is 2.21. The first kappa shape index (κ1) is 11.8. The molecule has 0 aromatic carbocycles. The number of hydrogen-bond acceptors (Lipinski definition) is 5. The zero-order chi connectivity index (χ0) is 12.4. The Bertz CT molecular complexity index is 521. The molecule has 0 bridgehead atoms. The van der Waals surface area contributed by atoms with Crippen molar-refractivity contribution in [2.75, 3.05) is 0 Å². The molecule has 0 spiro atoms. The predicted molar refractivity (Wildman–Crippen MR) is 61.3 cm³/mol. The Labute approximate surface area is 106 Å². The molecule has 1 N–H and O–H groups in total. The van der Waals surface area contributed by atoms with Crippen molar-refractivity contribution in [1.82, 2.24) is 15.5 Å². The summed E-state index contributed by atoms with van der Waals surface area (Å²) in [6, 6.07) is 1.39. The molecule has 2 rings (SSSR count). The number of carbonyl (C=O) groups is 1. The average molecular weight is 300 g/mol. The summed E-state index contributed by atoms with van der Waals surface area (Å²) in [7, 11) is 0. The van der Waals surface area contributed by atoms with E-state index in [2.05, 4.69) is 35.9 Å². The quantitative estimate of drug-likeness (QED) is 0.940. The number of aromatic nitrogens is 2. The van der Waals surface area contributed by atoms with Crippen molar-refractivity contribution in [1.29, 1.82) is 0 Å². The van der Waals surface area contributed by atoms with Crippen molar-refractivity contribution in [3.63, 3.8) is 0 Å². The lowest BCUT2D eigenvalue weighted by molar-refractivity contribution is 0.0907. The van der Waals surface area contributed by atoms with Gasteiger partial charge in [0.25, 0.3) is 5.91 Å². The van der Waals surface area contributed by atoms with Crippen LogP contribution in [0.4, 0.5) is 0 Å². The number of nitrogens with one attached hydrogen (secondary N) is 1. The molecular weight excluding hydrogens is 290 g/mol. The summed E-state index contributed by atoms with van der Waals surface area (Å²) in [5, 5.41) is 6.36. The van der Waals surface area contributed by atoms with E-state index in [0.29, 0.717) is 10.5 Å². The molecule has 0 saturated heterocycles. The Balaban J connectivity index is 2.09. The number of furan rings is 1. The van der Waals surface area contributed by atoms with Crippen LogP contribution in [0.2, 0.25) is 0 Å². The van der Waals surface area contributed by atoms with Crippen LogP contribution in [0.25, 0.3) is 0 Å². The highest BCUT2D eigenvalue weighted by Crippen LogP contribution is 2.20. The van der Waals surface area contributed by atoms with Gasteiger partial charge in [0.2, 0.25) is 6.39 Å². The van der Waals surface area contributed by atoms with Crippen LogP contribution in [0.3, 0.4) is 0 Å². The molecule has 2 aromatic rings. The minimum Gasteiger partial charge on any atom is -0.444 e. The number of amides is 1. The largest absolute Gasteiger partial charge is 0.444 e. The smallest absolute Gasteiger partial charge is 0.287 e. The van der Waals surface area contributed by atoms with Gasteiger partial charge in [-0.15, -0.1) is 0 Å². The molecule has 1 unspecified atom stereocenters. The van der Waals surface area contributed by atoms with Crippen molar-refractivity contribution in [2.45, 2.75) is 19.9 Å². The first-order valence-corrected chi connectivity index (χ1v) is 5.70. The van der Waals surface area contributed by atoms with E-state index in [1.54, 1.807) is 19.9 Å². The summed E-state index contributed by atoms with van der Waals surface area (Å²) in [6.45, 7) is 3.55. The number of carbonyl (C=O) groups excluding carboxylic acids is 1. The third kappa shape index (κ3) is 2.55. The fraction of sp³-hybridized carbons (Fsp3) is 0.300. The molecule has 0 aliphatic heterocycles. The van der Waals surface area contributed by atoms with Gasteiger partial charge in [0, 0.05) is 5.56 Å². The maximum absolute atomic E-state index is 11.9. The molecule has 0 fully saturated rings. The van der Waals surface area contributed by atoms with Crippen LogP contribution in [0, 0.1) is 6.92 Å². The van der Waals surface area contributed by atoms with Crippen molar-refractivity contribution in [3.8, 4) is 0 Å². The molecule has 0 aliphatic rings. The van der Waals surface area contributed by atoms with E-state index >= 15 is 0 Å². The Morgan fingerprint density at radius 2 is 2.35 bits per heavy atom. The molecule has 17 heavy (non-hydrogen) atoms. The summed E-state index contributed by atoms with van der Waals surface area (Å²) < 4.78 is 10.4. The van der Waals surface area contributed by atoms with Crippen LogP contribution in [-0.4, -0.2) is 16.0 Å². The molecule has 2 aromatic heterocycles. The Hall–Kier alpha value is -1.63. The Morgan fingerprint density at radius 1 is 1.59 bits per heavy atom. The van der Waals surface area contributed by atoms with Gasteiger partial charge in [0.1, 0.15) is 0 Å². The average Bonchev–Trinajstić information content (AvgIpc) is 2.87.